The molecule has 90 valence electrons. The zero-order valence-electron chi connectivity index (χ0n) is 10.2. The van der Waals surface area contributed by atoms with Gasteiger partial charge in [-0.3, -0.25) is 4.68 Å². The van der Waals surface area contributed by atoms with Gasteiger partial charge < -0.3 is 10.5 Å². The molecule has 0 atom stereocenters. The van der Waals surface area contributed by atoms with Crippen molar-refractivity contribution in [1.29, 1.82) is 0 Å². The zero-order chi connectivity index (χ0) is 12.3. The van der Waals surface area contributed by atoms with Crippen LogP contribution in [0.5, 0.6) is 5.75 Å². The third-order valence-corrected chi connectivity index (χ3v) is 2.72. The van der Waals surface area contributed by atoms with Crippen LogP contribution in [-0.2, 0) is 6.54 Å². The minimum absolute atomic E-state index is 0.600. The summed E-state index contributed by atoms with van der Waals surface area (Å²) in [7, 11) is 1.68. The smallest absolute Gasteiger partial charge is 0.121 e. The fourth-order valence-electron chi connectivity index (χ4n) is 1.83. The lowest BCUT2D eigenvalue weighted by atomic mass is 10.1. The largest absolute Gasteiger partial charge is 0.496 e. The van der Waals surface area contributed by atoms with Crippen molar-refractivity contribution in [2.45, 2.75) is 13.5 Å². The van der Waals surface area contributed by atoms with Gasteiger partial charge in [-0.05, 0) is 30.2 Å². The number of aromatic nitrogens is 2. The Morgan fingerprint density at radius 3 is 2.82 bits per heavy atom. The van der Waals surface area contributed by atoms with E-state index in [1.165, 1.54) is 0 Å². The molecule has 0 fully saturated rings. The van der Waals surface area contributed by atoms with Gasteiger partial charge in [-0.2, -0.15) is 5.10 Å². The molecule has 4 nitrogen and oxygen atoms in total. The minimum Gasteiger partial charge on any atom is -0.496 e. The molecular formula is C13H17N3O. The minimum atomic E-state index is 0.600. The fraction of sp³-hybridized carbons (Fsp3) is 0.308. The topological polar surface area (TPSA) is 53.1 Å². The van der Waals surface area contributed by atoms with E-state index in [1.54, 1.807) is 7.11 Å². The molecule has 4 heteroatoms. The van der Waals surface area contributed by atoms with Crippen LogP contribution < -0.4 is 10.5 Å². The van der Waals surface area contributed by atoms with Crippen LogP contribution in [0.1, 0.15) is 5.56 Å². The van der Waals surface area contributed by atoms with Crippen LogP contribution >= 0.6 is 0 Å². The second-order valence-electron chi connectivity index (χ2n) is 3.97. The van der Waals surface area contributed by atoms with Crippen molar-refractivity contribution >= 4 is 0 Å². The highest BCUT2D eigenvalue weighted by Gasteiger charge is 2.04. The Bertz CT molecular complexity index is 505. The molecule has 0 radical (unpaired) electrons. The molecule has 2 N–H and O–H groups in total. The summed E-state index contributed by atoms with van der Waals surface area (Å²) >= 11 is 0. The first-order valence-corrected chi connectivity index (χ1v) is 5.62. The van der Waals surface area contributed by atoms with Gasteiger partial charge in [0, 0.05) is 18.3 Å². The summed E-state index contributed by atoms with van der Waals surface area (Å²) in [6, 6.07) is 6.11. The average Bonchev–Trinajstić information content (AvgIpc) is 2.78. The maximum absolute atomic E-state index is 5.49. The molecule has 1 aromatic carbocycles. The van der Waals surface area contributed by atoms with Crippen molar-refractivity contribution in [1.82, 2.24) is 9.78 Å². The van der Waals surface area contributed by atoms with E-state index in [-0.39, 0.29) is 0 Å². The van der Waals surface area contributed by atoms with Gasteiger partial charge in [-0.1, -0.05) is 6.07 Å². The fourth-order valence-corrected chi connectivity index (χ4v) is 1.83. The SMILES string of the molecule is COc1ccc(-c2cnn(CCN)c2)cc1C. The number of hydrogen-bond donors (Lipinski definition) is 1. The highest BCUT2D eigenvalue weighted by atomic mass is 16.5. The molecule has 1 heterocycles. The summed E-state index contributed by atoms with van der Waals surface area (Å²) in [4.78, 5) is 0. The maximum Gasteiger partial charge on any atom is 0.121 e. The molecule has 17 heavy (non-hydrogen) atoms. The molecule has 0 bridgehead atoms. The van der Waals surface area contributed by atoms with Crippen LogP contribution in [-0.4, -0.2) is 23.4 Å². The molecule has 0 unspecified atom stereocenters. The van der Waals surface area contributed by atoms with Crippen LogP contribution in [0.4, 0.5) is 0 Å². The Balaban J connectivity index is 2.29. The van der Waals surface area contributed by atoms with E-state index in [0.29, 0.717) is 6.54 Å². The first kappa shape index (κ1) is 11.7. The van der Waals surface area contributed by atoms with Gasteiger partial charge in [0.2, 0.25) is 0 Å². The Morgan fingerprint density at radius 2 is 2.18 bits per heavy atom. The van der Waals surface area contributed by atoms with E-state index in [1.807, 2.05) is 36.1 Å². The van der Waals surface area contributed by atoms with Gasteiger partial charge in [-0.25, -0.2) is 0 Å². The van der Waals surface area contributed by atoms with Crippen molar-refractivity contribution in [3.8, 4) is 16.9 Å². The summed E-state index contributed by atoms with van der Waals surface area (Å²) in [6.07, 6.45) is 3.87. The molecular weight excluding hydrogens is 214 g/mol. The van der Waals surface area contributed by atoms with Crippen molar-refractivity contribution in [3.63, 3.8) is 0 Å². The lowest BCUT2D eigenvalue weighted by Gasteiger charge is -2.05. The molecule has 0 amide bonds. The third kappa shape index (κ3) is 2.47. The van der Waals surface area contributed by atoms with Crippen molar-refractivity contribution in [3.05, 3.63) is 36.2 Å². The number of methoxy groups -OCH3 is 1. The number of rotatable bonds is 4. The van der Waals surface area contributed by atoms with Crippen molar-refractivity contribution in [2.75, 3.05) is 13.7 Å². The van der Waals surface area contributed by atoms with Crippen LogP contribution in [0.25, 0.3) is 11.1 Å². The summed E-state index contributed by atoms with van der Waals surface area (Å²) in [5, 5.41) is 4.26. The van der Waals surface area contributed by atoms with Gasteiger partial charge in [-0.15, -0.1) is 0 Å². The molecule has 0 aliphatic carbocycles. The lowest BCUT2D eigenvalue weighted by Crippen LogP contribution is -2.09. The zero-order valence-corrected chi connectivity index (χ0v) is 10.2. The van der Waals surface area contributed by atoms with Crippen molar-refractivity contribution < 1.29 is 4.74 Å². The quantitative estimate of drug-likeness (QED) is 0.873. The Morgan fingerprint density at radius 1 is 1.35 bits per heavy atom. The van der Waals surface area contributed by atoms with Crippen LogP contribution in [0.15, 0.2) is 30.6 Å². The van der Waals surface area contributed by atoms with E-state index in [0.717, 1.165) is 29.0 Å². The van der Waals surface area contributed by atoms with Crippen LogP contribution in [0.3, 0.4) is 0 Å². The molecule has 0 aliphatic rings. The Labute approximate surface area is 101 Å². The summed E-state index contributed by atoms with van der Waals surface area (Å²) in [5.41, 5.74) is 8.86. The second-order valence-corrected chi connectivity index (χ2v) is 3.97. The van der Waals surface area contributed by atoms with Gasteiger partial charge in [0.1, 0.15) is 5.75 Å². The molecule has 0 spiro atoms. The van der Waals surface area contributed by atoms with Crippen LogP contribution in [0.2, 0.25) is 0 Å². The second kappa shape index (κ2) is 5.01. The first-order chi connectivity index (χ1) is 8.24. The monoisotopic (exact) mass is 231 g/mol. The third-order valence-electron chi connectivity index (χ3n) is 2.72. The van der Waals surface area contributed by atoms with Gasteiger partial charge >= 0.3 is 0 Å². The predicted octanol–water partition coefficient (Wildman–Crippen LogP) is 1.83. The number of ether oxygens (including phenoxy) is 1. The number of nitrogens with two attached hydrogens (primary N) is 1. The molecule has 2 aromatic rings. The van der Waals surface area contributed by atoms with E-state index in [2.05, 4.69) is 11.2 Å². The Hall–Kier alpha value is -1.81. The standard InChI is InChI=1S/C13H17N3O/c1-10-7-11(3-4-13(10)17-2)12-8-15-16(9-12)6-5-14/h3-4,7-9H,5-6,14H2,1-2H3. The van der Waals surface area contributed by atoms with Crippen LogP contribution in [0, 0.1) is 6.92 Å². The summed E-state index contributed by atoms with van der Waals surface area (Å²) < 4.78 is 7.10. The Kier molecular flexibility index (Phi) is 3.44. The molecule has 1 aromatic heterocycles. The lowest BCUT2D eigenvalue weighted by molar-refractivity contribution is 0.412. The highest BCUT2D eigenvalue weighted by Crippen LogP contribution is 2.25. The summed E-state index contributed by atoms with van der Waals surface area (Å²) in [5.74, 6) is 0.906. The normalized spacial score (nSPS) is 10.5. The molecule has 2 rings (SSSR count). The highest BCUT2D eigenvalue weighted by molar-refractivity contribution is 5.64. The van der Waals surface area contributed by atoms with E-state index in [9.17, 15) is 0 Å². The van der Waals surface area contributed by atoms with E-state index in [4.69, 9.17) is 10.5 Å². The predicted molar refractivity (Wildman–Crippen MR) is 68.0 cm³/mol. The molecule has 0 saturated heterocycles. The van der Waals surface area contributed by atoms with Gasteiger partial charge in [0.15, 0.2) is 0 Å². The number of hydrogen-bond acceptors (Lipinski definition) is 3. The average molecular weight is 231 g/mol. The van der Waals surface area contributed by atoms with E-state index < -0.39 is 0 Å². The molecule has 0 aliphatic heterocycles. The van der Waals surface area contributed by atoms with E-state index >= 15 is 0 Å². The summed E-state index contributed by atoms with van der Waals surface area (Å²) in [6.45, 7) is 3.38. The maximum atomic E-state index is 5.49. The first-order valence-electron chi connectivity index (χ1n) is 5.62. The van der Waals surface area contributed by atoms with Gasteiger partial charge in [0.05, 0.1) is 19.9 Å². The molecule has 0 saturated carbocycles. The van der Waals surface area contributed by atoms with Gasteiger partial charge in [0.25, 0.3) is 0 Å². The van der Waals surface area contributed by atoms with Crippen molar-refractivity contribution in [2.24, 2.45) is 5.73 Å². The number of nitrogens with zero attached hydrogens (tertiary/aromatic N) is 2. The number of benzene rings is 1. The number of aryl methyl sites for hydroxylation is 1.